The van der Waals surface area contributed by atoms with Crippen molar-refractivity contribution < 1.29 is 34.1 Å². The first-order valence-electron chi connectivity index (χ1n) is 10.1. The van der Waals surface area contributed by atoms with Crippen LogP contribution in [0.1, 0.15) is 22.3 Å². The molecule has 0 N–H and O–H groups in total. The second-order valence-corrected chi connectivity index (χ2v) is 6.69. The summed E-state index contributed by atoms with van der Waals surface area (Å²) in [5.41, 5.74) is 4.92. The van der Waals surface area contributed by atoms with Crippen molar-refractivity contribution in [2.75, 3.05) is 0 Å². The molecule has 0 aliphatic rings. The summed E-state index contributed by atoms with van der Waals surface area (Å²) in [6.07, 6.45) is 8.55. The van der Waals surface area contributed by atoms with Gasteiger partial charge >= 0.3 is 0 Å². The normalized spacial score (nSPS) is 9.75. The average molecular weight is 498 g/mol. The first-order chi connectivity index (χ1) is 14.9. The quantitative estimate of drug-likeness (QED) is 0.173. The third-order valence-electron chi connectivity index (χ3n) is 4.36. The van der Waals surface area contributed by atoms with Crippen molar-refractivity contribution in [1.29, 1.82) is 0 Å². The van der Waals surface area contributed by atoms with E-state index in [9.17, 15) is 0 Å². The third kappa shape index (κ3) is 11.0. The zero-order valence-electron chi connectivity index (χ0n) is 17.7. The molecule has 0 aliphatic carbocycles. The molecule has 0 fully saturated rings. The second-order valence-electron chi connectivity index (χ2n) is 6.69. The van der Waals surface area contributed by atoms with Crippen LogP contribution in [-0.4, -0.2) is 0 Å². The van der Waals surface area contributed by atoms with Crippen molar-refractivity contribution in [3.8, 4) is 0 Å². The molecule has 0 bridgehead atoms. The van der Waals surface area contributed by atoms with Crippen LogP contribution in [0.2, 0.25) is 0 Å². The molecule has 2 heteroatoms. The Kier molecular flexibility index (Phi) is 14.3. The summed E-state index contributed by atoms with van der Waals surface area (Å²) in [6.45, 7) is 0. The van der Waals surface area contributed by atoms with Gasteiger partial charge in [-0.25, -0.2) is 24.3 Å². The maximum Gasteiger partial charge on any atom is 0 e. The molecule has 0 aliphatic heterocycles. The van der Waals surface area contributed by atoms with Gasteiger partial charge in [0.15, 0.2) is 0 Å². The molecule has 0 heterocycles. The van der Waals surface area contributed by atoms with E-state index >= 15 is 0 Å². The van der Waals surface area contributed by atoms with Crippen molar-refractivity contribution in [3.05, 3.63) is 156 Å². The third-order valence-corrected chi connectivity index (χ3v) is 4.36. The van der Waals surface area contributed by atoms with Gasteiger partial charge in [0, 0.05) is 34.1 Å². The van der Waals surface area contributed by atoms with Crippen molar-refractivity contribution in [2.45, 2.75) is 0 Å². The minimum atomic E-state index is 0. The van der Waals surface area contributed by atoms with Crippen LogP contribution in [0.3, 0.4) is 0 Å². The van der Waals surface area contributed by atoms with E-state index in [-0.39, 0.29) is 34.1 Å². The first-order valence-corrected chi connectivity index (χ1v) is 10.1. The van der Waals surface area contributed by atoms with Gasteiger partial charge in [0.05, 0.1) is 0 Å². The van der Waals surface area contributed by atoms with Crippen LogP contribution in [0.5, 0.6) is 0 Å². The number of hydrogen-bond acceptors (Lipinski definition) is 0. The summed E-state index contributed by atoms with van der Waals surface area (Å²) < 4.78 is 0. The van der Waals surface area contributed by atoms with Gasteiger partial charge in [-0.2, -0.15) is 54.1 Å². The summed E-state index contributed by atoms with van der Waals surface area (Å²) in [7, 11) is 0. The van der Waals surface area contributed by atoms with E-state index in [1.807, 2.05) is 60.7 Å². The Bertz CT molecular complexity index is 919. The predicted molar refractivity (Wildman–Crippen MR) is 132 cm³/mol. The van der Waals surface area contributed by atoms with Crippen LogP contribution >= 0.6 is 0 Å². The van der Waals surface area contributed by atoms with E-state index in [0.717, 1.165) is 0 Å². The van der Waals surface area contributed by atoms with E-state index in [0.29, 0.717) is 0 Å². The zero-order valence-corrected chi connectivity index (χ0v) is 19.9. The van der Waals surface area contributed by atoms with E-state index in [1.165, 1.54) is 22.3 Å². The molecule has 5 aromatic carbocycles. The Morgan fingerprint density at radius 1 is 0.562 bits per heavy atom. The van der Waals surface area contributed by atoms with Gasteiger partial charge in [-0.1, -0.05) is 29.8 Å². The molecule has 0 amide bonds. The van der Waals surface area contributed by atoms with Crippen molar-refractivity contribution in [3.63, 3.8) is 0 Å². The monoisotopic (exact) mass is 498 g/mol. The summed E-state index contributed by atoms with van der Waals surface area (Å²) in [4.78, 5) is 0. The zero-order chi connectivity index (χ0) is 20.7. The molecule has 0 saturated carbocycles. The maximum absolute atomic E-state index is 2.14. The summed E-state index contributed by atoms with van der Waals surface area (Å²) >= 11 is 0. The Morgan fingerprint density at radius 2 is 1.00 bits per heavy atom. The molecule has 5 aromatic rings. The van der Waals surface area contributed by atoms with E-state index in [4.69, 9.17) is 0 Å². The first kappa shape index (κ1) is 27.2. The Morgan fingerprint density at radius 3 is 1.41 bits per heavy atom. The van der Waals surface area contributed by atoms with Crippen LogP contribution in [0.4, 0.5) is 0 Å². The van der Waals surface area contributed by atoms with Gasteiger partial charge < -0.3 is 42.0 Å². The SMILES string of the molecule is C(=C[c-]1cccc1)c1ccc(C=C[c-]2[cH-][cH-][cH-][cH-]2)cc1.[Fe].[Fe].c1cc[cH-]c1.c1cc[cH-]c1. The van der Waals surface area contributed by atoms with Crippen molar-refractivity contribution in [2.24, 2.45) is 0 Å². The molecule has 0 spiro atoms. The molecule has 0 aromatic heterocycles. The number of benzene rings is 1. The van der Waals surface area contributed by atoms with Crippen molar-refractivity contribution in [1.82, 2.24) is 0 Å². The summed E-state index contributed by atoms with van der Waals surface area (Å²) in [5, 5.41) is 0. The van der Waals surface area contributed by atoms with Gasteiger partial charge in [0.25, 0.3) is 0 Å². The molecule has 32 heavy (non-hydrogen) atoms. The Labute approximate surface area is 213 Å². The average Bonchev–Trinajstić information content (AvgIpc) is 3.63. The fourth-order valence-electron chi connectivity index (χ4n) is 2.74. The van der Waals surface area contributed by atoms with E-state index in [2.05, 4.69) is 97.1 Å². The Hall–Kier alpha value is -2.86. The smallest absolute Gasteiger partial charge is 0 e. The van der Waals surface area contributed by atoms with Crippen LogP contribution in [-0.2, 0) is 34.1 Å². The van der Waals surface area contributed by atoms with Crippen LogP contribution < -0.4 is 0 Å². The largest absolute Gasteiger partial charge is 0.686 e. The summed E-state index contributed by atoms with van der Waals surface area (Å²) in [5.74, 6) is 0. The van der Waals surface area contributed by atoms with Gasteiger partial charge in [0.2, 0.25) is 0 Å². The molecular weight excluding hydrogens is 472 g/mol. The standard InChI is InChI=1S/C20H16.2C5H5.2Fe/c1-2-6-17(5-1)9-11-19-13-15-20(16-14-19)12-10-18-7-3-4-8-18;2*1-2-4-5-3-1;;/h1-16H;2*1-5H;;/q-6;2*-1;;. The topological polar surface area (TPSA) is 0 Å². The van der Waals surface area contributed by atoms with Gasteiger partial charge in [-0.15, -0.1) is 29.8 Å². The molecule has 5 rings (SSSR count). The van der Waals surface area contributed by atoms with Crippen molar-refractivity contribution >= 4 is 24.3 Å². The molecular formula is C30H26Fe2-8. The minimum absolute atomic E-state index is 0. The molecule has 170 valence electrons. The van der Waals surface area contributed by atoms with Crippen LogP contribution in [0.25, 0.3) is 24.3 Å². The molecule has 0 nitrogen and oxygen atoms in total. The fraction of sp³-hybridized carbons (Fsp3) is 0. The number of rotatable bonds is 4. The van der Waals surface area contributed by atoms with Gasteiger partial charge in [0.1, 0.15) is 0 Å². The molecule has 0 atom stereocenters. The van der Waals surface area contributed by atoms with E-state index in [1.54, 1.807) is 0 Å². The molecule has 0 radical (unpaired) electrons. The number of hydrogen-bond donors (Lipinski definition) is 0. The summed E-state index contributed by atoms with van der Waals surface area (Å²) in [6, 6.07) is 45.2. The van der Waals surface area contributed by atoms with Gasteiger partial charge in [-0.05, 0) is 0 Å². The molecule has 0 saturated heterocycles. The van der Waals surface area contributed by atoms with E-state index < -0.39 is 0 Å². The predicted octanol–water partition coefficient (Wildman–Crippen LogP) is 8.27. The van der Waals surface area contributed by atoms with Gasteiger partial charge in [-0.3, -0.25) is 0 Å². The maximum atomic E-state index is 2.14. The second kappa shape index (κ2) is 16.8. The Balaban J connectivity index is 0.000000353. The fourth-order valence-corrected chi connectivity index (χ4v) is 2.74. The van der Waals surface area contributed by atoms with Crippen LogP contribution in [0.15, 0.2) is 133 Å². The minimum Gasteiger partial charge on any atom is -0.686 e. The van der Waals surface area contributed by atoms with Crippen LogP contribution in [0, 0.1) is 0 Å². The molecule has 0 unspecified atom stereocenters.